The summed E-state index contributed by atoms with van der Waals surface area (Å²) in [4.78, 5) is 23.7. The number of benzene rings is 1. The van der Waals surface area contributed by atoms with Gasteiger partial charge in [0.15, 0.2) is 6.29 Å². The van der Waals surface area contributed by atoms with E-state index in [1.54, 1.807) is 12.1 Å². The maximum atomic E-state index is 12.4. The van der Waals surface area contributed by atoms with Crippen LogP contribution in [0.5, 0.6) is 5.75 Å². The van der Waals surface area contributed by atoms with Crippen molar-refractivity contribution < 1.29 is 14.3 Å². The summed E-state index contributed by atoms with van der Waals surface area (Å²) in [6.45, 7) is 6.54. The van der Waals surface area contributed by atoms with Crippen molar-refractivity contribution in [3.8, 4) is 5.75 Å². The Morgan fingerprint density at radius 2 is 2.17 bits per heavy atom. The van der Waals surface area contributed by atoms with Crippen molar-refractivity contribution in [3.63, 3.8) is 0 Å². The number of hydrogen-bond donors (Lipinski definition) is 2. The van der Waals surface area contributed by atoms with Gasteiger partial charge in [-0.05, 0) is 55.7 Å². The zero-order valence-electron chi connectivity index (χ0n) is 14.1. The van der Waals surface area contributed by atoms with Gasteiger partial charge in [0.2, 0.25) is 0 Å². The van der Waals surface area contributed by atoms with E-state index in [1.165, 1.54) is 12.8 Å². The molecule has 1 aliphatic rings. The van der Waals surface area contributed by atoms with Gasteiger partial charge in [-0.1, -0.05) is 19.9 Å². The molecule has 0 saturated heterocycles. The van der Waals surface area contributed by atoms with Crippen molar-refractivity contribution in [1.82, 2.24) is 5.32 Å². The summed E-state index contributed by atoms with van der Waals surface area (Å²) in [5.41, 5.74) is 6.07. The molecule has 0 heterocycles. The number of aryl methyl sites for hydroxylation is 1. The number of carbonyl (C=O) groups excluding carboxylic acids is 2. The fourth-order valence-electron chi connectivity index (χ4n) is 2.48. The molecule has 0 aromatic heterocycles. The summed E-state index contributed by atoms with van der Waals surface area (Å²) in [5.74, 6) is 1.18. The highest BCUT2D eigenvalue weighted by Gasteiger charge is 2.28. The van der Waals surface area contributed by atoms with E-state index < -0.39 is 5.66 Å². The molecule has 5 nitrogen and oxygen atoms in total. The van der Waals surface area contributed by atoms with Crippen LogP contribution >= 0.6 is 0 Å². The molecule has 1 aromatic rings. The van der Waals surface area contributed by atoms with Gasteiger partial charge >= 0.3 is 0 Å². The Morgan fingerprint density at radius 3 is 2.74 bits per heavy atom. The number of rotatable bonds is 8. The molecule has 5 heteroatoms. The highest BCUT2D eigenvalue weighted by molar-refractivity contribution is 5.96. The van der Waals surface area contributed by atoms with Crippen LogP contribution in [0, 0.1) is 18.8 Å². The lowest BCUT2D eigenvalue weighted by molar-refractivity contribution is -0.113. The van der Waals surface area contributed by atoms with Gasteiger partial charge in [0.05, 0.1) is 6.61 Å². The van der Waals surface area contributed by atoms with Crippen molar-refractivity contribution in [2.45, 2.75) is 45.7 Å². The molecule has 1 amide bonds. The van der Waals surface area contributed by atoms with Crippen LogP contribution < -0.4 is 15.8 Å². The van der Waals surface area contributed by atoms with Gasteiger partial charge < -0.3 is 15.8 Å². The third kappa shape index (κ3) is 5.06. The fraction of sp³-hybridized carbons (Fsp3) is 0.556. The minimum absolute atomic E-state index is 0.195. The average molecular weight is 318 g/mol. The number of ether oxygens (including phenoxy) is 1. The van der Waals surface area contributed by atoms with Crippen LogP contribution in [-0.4, -0.2) is 24.5 Å². The lowest BCUT2D eigenvalue weighted by atomic mass is 9.98. The second-order valence-electron chi connectivity index (χ2n) is 6.94. The first-order valence-corrected chi connectivity index (χ1v) is 8.14. The SMILES string of the molecule is Cc1ccc(C(=O)N[C@](N)(C=O)CC(C)C)cc1OCC1CC1. The Bertz CT molecular complexity index is 582. The van der Waals surface area contributed by atoms with E-state index in [-0.39, 0.29) is 11.8 Å². The Kier molecular flexibility index (Phi) is 5.42. The molecular weight excluding hydrogens is 292 g/mol. The smallest absolute Gasteiger partial charge is 0.253 e. The van der Waals surface area contributed by atoms with Crippen LogP contribution in [0.2, 0.25) is 0 Å². The quantitative estimate of drug-likeness (QED) is 0.570. The minimum Gasteiger partial charge on any atom is -0.493 e. The normalized spacial score (nSPS) is 16.7. The number of aldehydes is 1. The van der Waals surface area contributed by atoms with Gasteiger partial charge in [0.25, 0.3) is 5.91 Å². The number of carbonyl (C=O) groups is 2. The van der Waals surface area contributed by atoms with E-state index in [4.69, 9.17) is 10.5 Å². The summed E-state index contributed by atoms with van der Waals surface area (Å²) in [6, 6.07) is 5.28. The highest BCUT2D eigenvalue weighted by atomic mass is 16.5. The molecule has 126 valence electrons. The molecule has 1 saturated carbocycles. The van der Waals surface area contributed by atoms with Crippen molar-refractivity contribution in [1.29, 1.82) is 0 Å². The predicted octanol–water partition coefficient (Wildman–Crippen LogP) is 2.41. The molecule has 2 rings (SSSR count). The van der Waals surface area contributed by atoms with E-state index in [9.17, 15) is 9.59 Å². The monoisotopic (exact) mass is 318 g/mol. The summed E-state index contributed by atoms with van der Waals surface area (Å²) in [5, 5.41) is 2.63. The summed E-state index contributed by atoms with van der Waals surface area (Å²) < 4.78 is 5.79. The molecule has 1 fully saturated rings. The van der Waals surface area contributed by atoms with Crippen LogP contribution in [0.1, 0.15) is 49.0 Å². The third-order valence-corrected chi connectivity index (χ3v) is 3.92. The maximum Gasteiger partial charge on any atom is 0.253 e. The molecule has 1 aromatic carbocycles. The molecule has 0 aliphatic heterocycles. The van der Waals surface area contributed by atoms with E-state index >= 15 is 0 Å². The lowest BCUT2D eigenvalue weighted by Gasteiger charge is -2.26. The zero-order valence-corrected chi connectivity index (χ0v) is 14.1. The second-order valence-corrected chi connectivity index (χ2v) is 6.94. The lowest BCUT2D eigenvalue weighted by Crippen LogP contribution is -2.58. The molecule has 23 heavy (non-hydrogen) atoms. The van der Waals surface area contributed by atoms with Crippen LogP contribution in [0.25, 0.3) is 0 Å². The minimum atomic E-state index is -1.34. The topological polar surface area (TPSA) is 81.4 Å². The van der Waals surface area contributed by atoms with Gasteiger partial charge in [-0.25, -0.2) is 0 Å². The zero-order chi connectivity index (χ0) is 17.0. The van der Waals surface area contributed by atoms with Crippen LogP contribution in [-0.2, 0) is 4.79 Å². The third-order valence-electron chi connectivity index (χ3n) is 3.92. The Hall–Kier alpha value is -1.88. The highest BCUT2D eigenvalue weighted by Crippen LogP contribution is 2.30. The Balaban J connectivity index is 2.08. The average Bonchev–Trinajstić information content (AvgIpc) is 3.29. The number of amides is 1. The molecule has 1 aliphatic carbocycles. The van der Waals surface area contributed by atoms with Crippen molar-refractivity contribution in [2.75, 3.05) is 6.61 Å². The number of nitrogens with two attached hydrogens (primary N) is 1. The van der Waals surface area contributed by atoms with Crippen LogP contribution in [0.3, 0.4) is 0 Å². The first-order chi connectivity index (χ1) is 10.8. The Labute approximate surface area is 137 Å². The van der Waals surface area contributed by atoms with E-state index in [0.29, 0.717) is 36.5 Å². The van der Waals surface area contributed by atoms with Gasteiger partial charge in [0.1, 0.15) is 11.4 Å². The standard InChI is InChI=1S/C18H26N2O3/c1-12(2)9-18(19,11-21)20-17(22)15-7-4-13(3)16(8-15)23-10-14-5-6-14/h4,7-8,11-12,14H,5-6,9-10,19H2,1-3H3,(H,20,22)/t18-/m0/s1. The molecule has 0 unspecified atom stereocenters. The predicted molar refractivity (Wildman–Crippen MR) is 89.3 cm³/mol. The molecule has 0 bridgehead atoms. The molecule has 0 spiro atoms. The largest absolute Gasteiger partial charge is 0.493 e. The van der Waals surface area contributed by atoms with E-state index in [1.807, 2.05) is 26.8 Å². The van der Waals surface area contributed by atoms with Gasteiger partial charge in [-0.3, -0.25) is 9.59 Å². The second kappa shape index (κ2) is 7.13. The van der Waals surface area contributed by atoms with E-state index in [2.05, 4.69) is 5.32 Å². The molecule has 0 radical (unpaired) electrons. The first kappa shape index (κ1) is 17.5. The summed E-state index contributed by atoms with van der Waals surface area (Å²) in [6.07, 6.45) is 3.41. The van der Waals surface area contributed by atoms with E-state index in [0.717, 1.165) is 5.56 Å². The molecule has 3 N–H and O–H groups in total. The van der Waals surface area contributed by atoms with Gasteiger partial charge in [-0.15, -0.1) is 0 Å². The number of nitrogens with one attached hydrogen (secondary N) is 1. The summed E-state index contributed by atoms with van der Waals surface area (Å²) >= 11 is 0. The van der Waals surface area contributed by atoms with Gasteiger partial charge in [-0.2, -0.15) is 0 Å². The Morgan fingerprint density at radius 1 is 1.48 bits per heavy atom. The first-order valence-electron chi connectivity index (χ1n) is 8.14. The van der Waals surface area contributed by atoms with Crippen molar-refractivity contribution in [3.05, 3.63) is 29.3 Å². The summed E-state index contributed by atoms with van der Waals surface area (Å²) in [7, 11) is 0. The van der Waals surface area contributed by atoms with Gasteiger partial charge in [0, 0.05) is 5.56 Å². The van der Waals surface area contributed by atoms with Crippen molar-refractivity contribution in [2.24, 2.45) is 17.6 Å². The van der Waals surface area contributed by atoms with Crippen LogP contribution in [0.15, 0.2) is 18.2 Å². The molecular formula is C18H26N2O3. The maximum absolute atomic E-state index is 12.4. The van der Waals surface area contributed by atoms with Crippen molar-refractivity contribution >= 4 is 12.2 Å². The fourth-order valence-corrected chi connectivity index (χ4v) is 2.48. The number of hydrogen-bond acceptors (Lipinski definition) is 4. The van der Waals surface area contributed by atoms with Crippen LogP contribution in [0.4, 0.5) is 0 Å². The molecule has 1 atom stereocenters.